The molecule has 0 spiro atoms. The smallest absolute Gasteiger partial charge is 0.340 e. The summed E-state index contributed by atoms with van der Waals surface area (Å²) in [6, 6.07) is 0. The van der Waals surface area contributed by atoms with E-state index in [9.17, 15) is 17.6 Å². The average Bonchev–Trinajstić information content (AvgIpc) is 2.26. The highest BCUT2D eigenvalue weighted by Gasteiger charge is 2.41. The Morgan fingerprint density at radius 2 is 2.12 bits per heavy atom. The van der Waals surface area contributed by atoms with Crippen LogP contribution in [0.5, 0.6) is 5.88 Å². The van der Waals surface area contributed by atoms with E-state index in [1.54, 1.807) is 0 Å². The monoisotopic (exact) mass is 240 g/mol. The van der Waals surface area contributed by atoms with Crippen LogP contribution in [-0.4, -0.2) is 28.9 Å². The summed E-state index contributed by atoms with van der Waals surface area (Å²) in [5.74, 6) is 0.488. The van der Waals surface area contributed by atoms with Crippen molar-refractivity contribution in [2.45, 2.75) is 12.3 Å². The first kappa shape index (κ1) is 12.4. The van der Waals surface area contributed by atoms with Crippen LogP contribution in [0.25, 0.3) is 0 Å². The van der Waals surface area contributed by atoms with E-state index in [1.807, 2.05) is 0 Å². The van der Waals surface area contributed by atoms with Gasteiger partial charge in [0.15, 0.2) is 12.4 Å². The van der Waals surface area contributed by atoms with E-state index in [0.29, 0.717) is 0 Å². The quantitative estimate of drug-likeness (QED) is 0.457. The van der Waals surface area contributed by atoms with Crippen molar-refractivity contribution in [3.63, 3.8) is 0 Å². The Morgan fingerprint density at radius 1 is 1.44 bits per heavy atom. The number of ether oxygens (including phenoxy) is 1. The molecule has 0 unspecified atom stereocenters. The number of nitrogens with two attached hydrogens (primary N) is 1. The molecule has 5 nitrogen and oxygen atoms in total. The van der Waals surface area contributed by atoms with Gasteiger partial charge in [-0.05, 0) is 0 Å². The summed E-state index contributed by atoms with van der Waals surface area (Å²) in [5.41, 5.74) is 2.10. The Morgan fingerprint density at radius 3 is 2.69 bits per heavy atom. The molecule has 0 aliphatic carbocycles. The van der Waals surface area contributed by atoms with Gasteiger partial charge in [-0.3, -0.25) is 4.98 Å². The molecule has 9 heteroatoms. The van der Waals surface area contributed by atoms with Gasteiger partial charge in [-0.15, -0.1) is 0 Å². The van der Waals surface area contributed by atoms with Crippen molar-refractivity contribution in [1.29, 1.82) is 0 Å². The van der Waals surface area contributed by atoms with Crippen LogP contribution in [0.3, 0.4) is 0 Å². The Bertz CT molecular complexity index is 349. The summed E-state index contributed by atoms with van der Waals surface area (Å²) in [4.78, 5) is 7.09. The number of rotatable bonds is 5. The minimum absolute atomic E-state index is 0.0675. The molecule has 0 amide bonds. The van der Waals surface area contributed by atoms with Gasteiger partial charge in [0.05, 0.1) is 12.4 Å². The maximum absolute atomic E-state index is 12.5. The minimum atomic E-state index is -4.23. The number of hydrazine groups is 1. The number of hydrogen-bond acceptors (Lipinski definition) is 5. The maximum Gasteiger partial charge on any atom is 0.340 e. The Labute approximate surface area is 87.6 Å². The molecule has 0 aliphatic heterocycles. The highest BCUT2D eigenvalue weighted by molar-refractivity contribution is 5.31. The summed E-state index contributed by atoms with van der Waals surface area (Å²) in [6.07, 6.45) is -1.59. The van der Waals surface area contributed by atoms with Crippen molar-refractivity contribution in [3.8, 4) is 5.88 Å². The van der Waals surface area contributed by atoms with Gasteiger partial charge in [-0.25, -0.2) is 14.6 Å². The summed E-state index contributed by atoms with van der Waals surface area (Å²) in [5, 5.41) is 0. The second-order valence-electron chi connectivity index (χ2n) is 2.74. The lowest BCUT2D eigenvalue weighted by molar-refractivity contribution is -0.148. The molecule has 0 bridgehead atoms. The minimum Gasteiger partial charge on any atom is -0.470 e. The predicted molar refractivity (Wildman–Crippen MR) is 46.3 cm³/mol. The predicted octanol–water partition coefficient (Wildman–Crippen LogP) is 1.04. The second kappa shape index (κ2) is 4.92. The first-order chi connectivity index (χ1) is 7.45. The van der Waals surface area contributed by atoms with Crippen LogP contribution < -0.4 is 16.0 Å². The van der Waals surface area contributed by atoms with Crippen LogP contribution in [0.1, 0.15) is 0 Å². The van der Waals surface area contributed by atoms with Gasteiger partial charge in [0, 0.05) is 0 Å². The van der Waals surface area contributed by atoms with E-state index in [1.165, 1.54) is 6.20 Å². The number of anilines is 1. The van der Waals surface area contributed by atoms with Gasteiger partial charge in [-0.1, -0.05) is 0 Å². The van der Waals surface area contributed by atoms with Gasteiger partial charge in [-0.2, -0.15) is 13.8 Å². The van der Waals surface area contributed by atoms with E-state index >= 15 is 0 Å². The number of nitrogens with zero attached hydrogens (tertiary/aromatic N) is 2. The summed E-state index contributed by atoms with van der Waals surface area (Å²) >= 11 is 0. The third-order valence-electron chi connectivity index (χ3n) is 1.49. The summed E-state index contributed by atoms with van der Waals surface area (Å²) in [7, 11) is 0. The van der Waals surface area contributed by atoms with Crippen molar-refractivity contribution < 1.29 is 22.3 Å². The highest BCUT2D eigenvalue weighted by Crippen LogP contribution is 2.23. The number of nitrogens with one attached hydrogen (secondary N) is 1. The first-order valence-electron chi connectivity index (χ1n) is 4.03. The van der Waals surface area contributed by atoms with Crippen molar-refractivity contribution in [2.24, 2.45) is 5.84 Å². The fraction of sp³-hybridized carbons (Fsp3) is 0.429. The van der Waals surface area contributed by atoms with Gasteiger partial charge in [0.1, 0.15) is 0 Å². The van der Waals surface area contributed by atoms with Crippen molar-refractivity contribution >= 4 is 5.82 Å². The van der Waals surface area contributed by atoms with Gasteiger partial charge < -0.3 is 10.2 Å². The molecule has 0 fully saturated rings. The van der Waals surface area contributed by atoms with E-state index in [0.717, 1.165) is 6.20 Å². The lowest BCUT2D eigenvalue weighted by atomic mass is 10.4. The van der Waals surface area contributed by atoms with Crippen LogP contribution in [-0.2, 0) is 0 Å². The highest BCUT2D eigenvalue weighted by atomic mass is 19.3. The van der Waals surface area contributed by atoms with Gasteiger partial charge in [0.2, 0.25) is 5.88 Å². The third-order valence-corrected chi connectivity index (χ3v) is 1.49. The molecule has 1 rings (SSSR count). The molecule has 16 heavy (non-hydrogen) atoms. The molecule has 0 aromatic carbocycles. The fourth-order valence-electron chi connectivity index (χ4n) is 0.720. The van der Waals surface area contributed by atoms with Crippen molar-refractivity contribution in [3.05, 3.63) is 12.4 Å². The zero-order valence-corrected chi connectivity index (χ0v) is 7.83. The number of aromatic nitrogens is 2. The molecule has 0 radical (unpaired) electrons. The lowest BCUT2D eigenvalue weighted by Crippen LogP contribution is -2.34. The standard InChI is InChI=1S/C7H8F4N4O/c8-6(9)7(10,11)3-16-5-2-13-1-4(14-5)15-12/h1-2,6H,3,12H2,(H,14,15). The number of nitrogen functional groups attached to an aromatic ring is 1. The van der Waals surface area contributed by atoms with Crippen molar-refractivity contribution in [2.75, 3.05) is 12.0 Å². The van der Waals surface area contributed by atoms with Crippen LogP contribution in [0.2, 0.25) is 0 Å². The Kier molecular flexibility index (Phi) is 3.82. The molecule has 1 heterocycles. The molecule has 1 aromatic heterocycles. The molecule has 0 aliphatic rings. The van der Waals surface area contributed by atoms with Crippen LogP contribution in [0.4, 0.5) is 23.4 Å². The first-order valence-corrected chi connectivity index (χ1v) is 4.03. The zero-order valence-electron chi connectivity index (χ0n) is 7.83. The molecule has 1 aromatic rings. The summed E-state index contributed by atoms with van der Waals surface area (Å²) in [6.45, 7) is -1.48. The molecular weight excluding hydrogens is 232 g/mol. The average molecular weight is 240 g/mol. The molecule has 0 atom stereocenters. The lowest BCUT2D eigenvalue weighted by Gasteiger charge is -2.15. The van der Waals surface area contributed by atoms with Gasteiger partial charge in [0.25, 0.3) is 0 Å². The normalized spacial score (nSPS) is 11.6. The number of alkyl halides is 4. The second-order valence-corrected chi connectivity index (χ2v) is 2.74. The third kappa shape index (κ3) is 3.19. The van der Waals surface area contributed by atoms with Crippen LogP contribution >= 0.6 is 0 Å². The zero-order chi connectivity index (χ0) is 12.2. The van der Waals surface area contributed by atoms with Gasteiger partial charge >= 0.3 is 12.3 Å². The van der Waals surface area contributed by atoms with Crippen LogP contribution in [0, 0.1) is 0 Å². The number of hydrogen-bond donors (Lipinski definition) is 2. The Balaban J connectivity index is 2.60. The molecule has 90 valence electrons. The van der Waals surface area contributed by atoms with Crippen molar-refractivity contribution in [1.82, 2.24) is 9.97 Å². The summed E-state index contributed by atoms with van der Waals surface area (Å²) < 4.78 is 52.8. The van der Waals surface area contributed by atoms with E-state index in [2.05, 4.69) is 20.1 Å². The fourth-order valence-corrected chi connectivity index (χ4v) is 0.720. The molecular formula is C7H8F4N4O. The van der Waals surface area contributed by atoms with E-state index in [-0.39, 0.29) is 11.7 Å². The van der Waals surface area contributed by atoms with E-state index in [4.69, 9.17) is 5.84 Å². The van der Waals surface area contributed by atoms with Crippen LogP contribution in [0.15, 0.2) is 12.4 Å². The molecule has 3 N–H and O–H groups in total. The number of halogens is 4. The molecule has 0 saturated heterocycles. The van der Waals surface area contributed by atoms with E-state index < -0.39 is 19.0 Å². The topological polar surface area (TPSA) is 73.1 Å². The SMILES string of the molecule is NNc1cncc(OCC(F)(F)C(F)F)n1. The maximum atomic E-state index is 12.5. The Hall–Kier alpha value is -1.64. The molecule has 0 saturated carbocycles. The largest absolute Gasteiger partial charge is 0.470 e.